The standard InChI is InChI=1S/C6H8O3/c7-6(8)3-1-4-5(2-3)9-4/h3-5H,1-2H2,(H,7,8). The number of hydrogen-bond acceptors (Lipinski definition) is 2. The zero-order valence-corrected chi connectivity index (χ0v) is 4.91. The van der Waals surface area contributed by atoms with Crippen LogP contribution in [0.4, 0.5) is 0 Å². The molecule has 2 fully saturated rings. The summed E-state index contributed by atoms with van der Waals surface area (Å²) in [6.07, 6.45) is 2.07. The lowest BCUT2D eigenvalue weighted by atomic mass is 10.1. The van der Waals surface area contributed by atoms with Crippen molar-refractivity contribution in [1.29, 1.82) is 0 Å². The van der Waals surface area contributed by atoms with Gasteiger partial charge in [-0.3, -0.25) is 4.79 Å². The SMILES string of the molecule is O=C(O)C1CC2OC2C1. The summed E-state index contributed by atoms with van der Waals surface area (Å²) < 4.78 is 5.07. The highest BCUT2D eigenvalue weighted by molar-refractivity contribution is 5.70. The fourth-order valence-electron chi connectivity index (χ4n) is 1.45. The molecule has 3 heteroatoms. The van der Waals surface area contributed by atoms with Gasteiger partial charge in [0.2, 0.25) is 0 Å². The Morgan fingerprint density at radius 2 is 2.00 bits per heavy atom. The predicted molar refractivity (Wildman–Crippen MR) is 29.0 cm³/mol. The Morgan fingerprint density at radius 1 is 1.44 bits per heavy atom. The molecule has 1 aliphatic heterocycles. The molecule has 3 nitrogen and oxygen atoms in total. The fourth-order valence-corrected chi connectivity index (χ4v) is 1.45. The highest BCUT2D eigenvalue weighted by Crippen LogP contribution is 2.41. The Balaban J connectivity index is 1.97. The Labute approximate surface area is 52.6 Å². The van der Waals surface area contributed by atoms with Crippen molar-refractivity contribution in [2.75, 3.05) is 0 Å². The molecule has 50 valence electrons. The first-order valence-electron chi connectivity index (χ1n) is 3.15. The average molecular weight is 128 g/mol. The van der Waals surface area contributed by atoms with E-state index in [1.54, 1.807) is 0 Å². The van der Waals surface area contributed by atoms with Crippen LogP contribution in [0.1, 0.15) is 12.8 Å². The number of aliphatic carboxylic acids is 1. The van der Waals surface area contributed by atoms with E-state index in [-0.39, 0.29) is 5.92 Å². The van der Waals surface area contributed by atoms with Crippen molar-refractivity contribution in [3.63, 3.8) is 0 Å². The fraction of sp³-hybridized carbons (Fsp3) is 0.833. The highest BCUT2D eigenvalue weighted by Gasteiger charge is 2.50. The van der Waals surface area contributed by atoms with Gasteiger partial charge in [-0.25, -0.2) is 0 Å². The van der Waals surface area contributed by atoms with E-state index in [1.165, 1.54) is 0 Å². The van der Waals surface area contributed by atoms with Gasteiger partial charge < -0.3 is 9.84 Å². The molecule has 1 heterocycles. The van der Waals surface area contributed by atoms with Crippen molar-refractivity contribution in [1.82, 2.24) is 0 Å². The maximum Gasteiger partial charge on any atom is 0.306 e. The number of ether oxygens (including phenoxy) is 1. The van der Waals surface area contributed by atoms with Gasteiger partial charge in [-0.15, -0.1) is 0 Å². The summed E-state index contributed by atoms with van der Waals surface area (Å²) in [7, 11) is 0. The molecule has 0 aromatic rings. The summed E-state index contributed by atoms with van der Waals surface area (Å²) in [5, 5.41) is 8.50. The van der Waals surface area contributed by atoms with Crippen LogP contribution >= 0.6 is 0 Å². The Kier molecular flexibility index (Phi) is 0.858. The largest absolute Gasteiger partial charge is 0.481 e. The third-order valence-electron chi connectivity index (χ3n) is 2.07. The third-order valence-corrected chi connectivity index (χ3v) is 2.07. The summed E-state index contributed by atoms with van der Waals surface area (Å²) in [6.45, 7) is 0. The maximum absolute atomic E-state index is 10.3. The van der Waals surface area contributed by atoms with Crippen LogP contribution in [0.2, 0.25) is 0 Å². The molecule has 2 unspecified atom stereocenters. The molecule has 1 saturated carbocycles. The van der Waals surface area contributed by atoms with Gasteiger partial charge >= 0.3 is 5.97 Å². The van der Waals surface area contributed by atoms with Gasteiger partial charge in [0, 0.05) is 0 Å². The van der Waals surface area contributed by atoms with Crippen LogP contribution in [0.25, 0.3) is 0 Å². The van der Waals surface area contributed by atoms with Crippen molar-refractivity contribution in [2.24, 2.45) is 5.92 Å². The molecule has 9 heavy (non-hydrogen) atoms. The molecule has 0 radical (unpaired) electrons. The Bertz CT molecular complexity index is 144. The summed E-state index contributed by atoms with van der Waals surface area (Å²) in [5.41, 5.74) is 0. The monoisotopic (exact) mass is 128 g/mol. The number of epoxide rings is 1. The molecule has 0 aromatic carbocycles. The first-order valence-corrected chi connectivity index (χ1v) is 3.15. The summed E-state index contributed by atoms with van der Waals surface area (Å²) in [6, 6.07) is 0. The minimum absolute atomic E-state index is 0.117. The van der Waals surface area contributed by atoms with Crippen LogP contribution < -0.4 is 0 Å². The van der Waals surface area contributed by atoms with Crippen LogP contribution in [-0.2, 0) is 9.53 Å². The van der Waals surface area contributed by atoms with E-state index in [4.69, 9.17) is 9.84 Å². The van der Waals surface area contributed by atoms with E-state index < -0.39 is 5.97 Å². The lowest BCUT2D eigenvalue weighted by Crippen LogP contribution is -2.11. The van der Waals surface area contributed by atoms with E-state index in [0.717, 1.165) is 12.8 Å². The second kappa shape index (κ2) is 1.48. The van der Waals surface area contributed by atoms with Gasteiger partial charge in [-0.2, -0.15) is 0 Å². The number of hydrogen-bond donors (Lipinski definition) is 1. The summed E-state index contributed by atoms with van der Waals surface area (Å²) in [4.78, 5) is 10.3. The van der Waals surface area contributed by atoms with E-state index in [2.05, 4.69) is 0 Å². The quantitative estimate of drug-likeness (QED) is 0.515. The van der Waals surface area contributed by atoms with Crippen molar-refractivity contribution >= 4 is 5.97 Å². The van der Waals surface area contributed by atoms with Gasteiger partial charge in [-0.1, -0.05) is 0 Å². The number of fused-ring (bicyclic) bond motifs is 1. The molecule has 0 aromatic heterocycles. The minimum atomic E-state index is -0.661. The molecule has 1 N–H and O–H groups in total. The van der Waals surface area contributed by atoms with Crippen molar-refractivity contribution in [3.8, 4) is 0 Å². The molecule has 2 rings (SSSR count). The number of carboxylic acids is 1. The predicted octanol–water partition coefficient (Wildman–Crippen LogP) is 0.248. The molecule has 2 aliphatic rings. The molecular formula is C6H8O3. The van der Waals surface area contributed by atoms with Crippen LogP contribution in [-0.4, -0.2) is 23.3 Å². The second-order valence-electron chi connectivity index (χ2n) is 2.72. The Morgan fingerprint density at radius 3 is 2.33 bits per heavy atom. The summed E-state index contributed by atoms with van der Waals surface area (Å²) in [5.74, 6) is -0.778. The second-order valence-corrected chi connectivity index (χ2v) is 2.72. The molecule has 1 aliphatic carbocycles. The number of carboxylic acid groups (broad SMARTS) is 1. The van der Waals surface area contributed by atoms with Gasteiger partial charge in [0.25, 0.3) is 0 Å². The smallest absolute Gasteiger partial charge is 0.306 e. The normalized spacial score (nSPS) is 46.4. The molecule has 2 atom stereocenters. The van der Waals surface area contributed by atoms with Crippen LogP contribution in [0.3, 0.4) is 0 Å². The first-order chi connectivity index (χ1) is 4.27. The van der Waals surface area contributed by atoms with Gasteiger partial charge in [0.1, 0.15) is 0 Å². The van der Waals surface area contributed by atoms with Crippen LogP contribution in [0.5, 0.6) is 0 Å². The first kappa shape index (κ1) is 5.23. The lowest BCUT2D eigenvalue weighted by molar-refractivity contribution is -0.142. The van der Waals surface area contributed by atoms with Crippen molar-refractivity contribution in [3.05, 3.63) is 0 Å². The van der Waals surface area contributed by atoms with Gasteiger partial charge in [0.05, 0.1) is 18.1 Å². The van der Waals surface area contributed by atoms with E-state index in [9.17, 15) is 4.79 Å². The highest BCUT2D eigenvalue weighted by atomic mass is 16.6. The van der Waals surface area contributed by atoms with E-state index >= 15 is 0 Å². The van der Waals surface area contributed by atoms with Crippen LogP contribution in [0, 0.1) is 5.92 Å². The molecule has 0 amide bonds. The zero-order chi connectivity index (χ0) is 6.43. The zero-order valence-electron chi connectivity index (χ0n) is 4.91. The molecule has 0 spiro atoms. The van der Waals surface area contributed by atoms with E-state index in [1.807, 2.05) is 0 Å². The molecular weight excluding hydrogens is 120 g/mol. The molecule has 0 bridgehead atoms. The summed E-state index contributed by atoms with van der Waals surface area (Å²) >= 11 is 0. The number of carbonyl (C=O) groups is 1. The van der Waals surface area contributed by atoms with Crippen LogP contribution in [0.15, 0.2) is 0 Å². The van der Waals surface area contributed by atoms with E-state index in [0.29, 0.717) is 12.2 Å². The number of rotatable bonds is 1. The third kappa shape index (κ3) is 0.721. The minimum Gasteiger partial charge on any atom is -0.481 e. The maximum atomic E-state index is 10.3. The lowest BCUT2D eigenvalue weighted by Gasteiger charge is -2.01. The topological polar surface area (TPSA) is 49.8 Å². The van der Waals surface area contributed by atoms with Crippen molar-refractivity contribution < 1.29 is 14.6 Å². The average Bonchev–Trinajstić information content (AvgIpc) is 2.40. The molecule has 1 saturated heterocycles. The van der Waals surface area contributed by atoms with Gasteiger partial charge in [0.15, 0.2) is 0 Å². The van der Waals surface area contributed by atoms with Crippen molar-refractivity contribution in [2.45, 2.75) is 25.0 Å². The Hall–Kier alpha value is -0.570. The van der Waals surface area contributed by atoms with Gasteiger partial charge in [-0.05, 0) is 12.8 Å².